The number of aryl methyl sites for hydroxylation is 1. The minimum absolute atomic E-state index is 0.410. The molecule has 0 aromatic carbocycles. The van der Waals surface area contributed by atoms with Crippen molar-refractivity contribution in [2.45, 2.75) is 52.3 Å². The number of aromatic nitrogens is 1. The third-order valence-electron chi connectivity index (χ3n) is 3.79. The van der Waals surface area contributed by atoms with E-state index >= 15 is 0 Å². The standard InChI is InChI=1S/C20H26N2OS/c1-15-9-11-21-17(12-15)13-16(2)22(5)14-19-7-6-18(24-19)8-10-20(3,4)23/h6-7,9,11-12,16,23H,13-14H2,1-5H3. The molecule has 0 fully saturated rings. The Morgan fingerprint density at radius 2 is 2.08 bits per heavy atom. The predicted molar refractivity (Wildman–Crippen MR) is 101 cm³/mol. The Kier molecular flexibility index (Phi) is 6.17. The fraction of sp³-hybridized carbons (Fsp3) is 0.450. The number of thiophene rings is 1. The van der Waals surface area contributed by atoms with Gasteiger partial charge in [-0.25, -0.2) is 0 Å². The van der Waals surface area contributed by atoms with Crippen molar-refractivity contribution in [2.24, 2.45) is 0 Å². The molecule has 2 rings (SSSR count). The molecule has 0 aliphatic carbocycles. The predicted octanol–water partition coefficient (Wildman–Crippen LogP) is 3.64. The zero-order chi connectivity index (χ0) is 17.7. The van der Waals surface area contributed by atoms with Gasteiger partial charge in [-0.2, -0.15) is 0 Å². The Morgan fingerprint density at radius 1 is 1.33 bits per heavy atom. The third kappa shape index (κ3) is 6.09. The summed E-state index contributed by atoms with van der Waals surface area (Å²) in [6.45, 7) is 8.61. The summed E-state index contributed by atoms with van der Waals surface area (Å²) in [7, 11) is 2.14. The van der Waals surface area contributed by atoms with Crippen LogP contribution < -0.4 is 0 Å². The first-order chi connectivity index (χ1) is 11.2. The van der Waals surface area contributed by atoms with Crippen LogP contribution in [0.15, 0.2) is 30.5 Å². The lowest BCUT2D eigenvalue weighted by atomic mass is 10.1. The van der Waals surface area contributed by atoms with Gasteiger partial charge < -0.3 is 5.11 Å². The molecule has 4 heteroatoms. The topological polar surface area (TPSA) is 36.4 Å². The van der Waals surface area contributed by atoms with Crippen LogP contribution in [0.5, 0.6) is 0 Å². The van der Waals surface area contributed by atoms with Gasteiger partial charge in [0, 0.05) is 35.8 Å². The van der Waals surface area contributed by atoms with E-state index in [1.165, 1.54) is 10.4 Å². The monoisotopic (exact) mass is 342 g/mol. The highest BCUT2D eigenvalue weighted by Gasteiger charge is 2.13. The molecule has 0 aliphatic rings. The van der Waals surface area contributed by atoms with Gasteiger partial charge in [0.1, 0.15) is 5.60 Å². The second kappa shape index (κ2) is 7.94. The molecule has 1 N–H and O–H groups in total. The van der Waals surface area contributed by atoms with Crippen molar-refractivity contribution in [3.8, 4) is 11.8 Å². The summed E-state index contributed by atoms with van der Waals surface area (Å²) in [4.78, 5) is 9.06. The zero-order valence-corrected chi connectivity index (χ0v) is 15.9. The summed E-state index contributed by atoms with van der Waals surface area (Å²) in [6.07, 6.45) is 2.82. The molecule has 0 aliphatic heterocycles. The van der Waals surface area contributed by atoms with Gasteiger partial charge in [-0.15, -0.1) is 11.3 Å². The number of nitrogens with zero attached hydrogens (tertiary/aromatic N) is 2. The molecule has 0 radical (unpaired) electrons. The maximum Gasteiger partial charge on any atom is 0.120 e. The summed E-state index contributed by atoms with van der Waals surface area (Å²) >= 11 is 1.69. The van der Waals surface area contributed by atoms with E-state index in [-0.39, 0.29) is 0 Å². The molecule has 24 heavy (non-hydrogen) atoms. The molecular weight excluding hydrogens is 316 g/mol. The molecule has 0 spiro atoms. The fourth-order valence-corrected chi connectivity index (χ4v) is 3.24. The van der Waals surface area contributed by atoms with Gasteiger partial charge in [-0.3, -0.25) is 9.88 Å². The van der Waals surface area contributed by atoms with Gasteiger partial charge in [0.15, 0.2) is 0 Å². The van der Waals surface area contributed by atoms with Crippen molar-refractivity contribution in [3.63, 3.8) is 0 Å². The Bertz CT molecular complexity index is 734. The largest absolute Gasteiger partial charge is 0.378 e. The maximum atomic E-state index is 9.68. The van der Waals surface area contributed by atoms with Crippen LogP contribution in [-0.4, -0.2) is 33.7 Å². The molecule has 0 bridgehead atoms. The molecule has 0 saturated carbocycles. The van der Waals surface area contributed by atoms with Crippen LogP contribution in [0.2, 0.25) is 0 Å². The number of rotatable bonds is 5. The second-order valence-electron chi connectivity index (χ2n) is 6.87. The lowest BCUT2D eigenvalue weighted by molar-refractivity contribution is 0.143. The summed E-state index contributed by atoms with van der Waals surface area (Å²) in [5, 5.41) is 9.68. The van der Waals surface area contributed by atoms with Crippen molar-refractivity contribution < 1.29 is 5.11 Å². The average molecular weight is 343 g/mol. The first kappa shape index (κ1) is 18.7. The van der Waals surface area contributed by atoms with Crippen molar-refractivity contribution in [1.29, 1.82) is 0 Å². The molecule has 2 aromatic heterocycles. The third-order valence-corrected chi connectivity index (χ3v) is 4.77. The van der Waals surface area contributed by atoms with Crippen LogP contribution in [0.3, 0.4) is 0 Å². The van der Waals surface area contributed by atoms with Gasteiger partial charge in [-0.05, 0) is 64.6 Å². The van der Waals surface area contributed by atoms with Gasteiger partial charge >= 0.3 is 0 Å². The minimum atomic E-state index is -0.948. The van der Waals surface area contributed by atoms with Crippen LogP contribution in [0.1, 0.15) is 41.8 Å². The van der Waals surface area contributed by atoms with Crippen LogP contribution in [0, 0.1) is 18.8 Å². The van der Waals surface area contributed by atoms with Crippen molar-refractivity contribution in [1.82, 2.24) is 9.88 Å². The smallest absolute Gasteiger partial charge is 0.120 e. The molecule has 0 saturated heterocycles. The summed E-state index contributed by atoms with van der Waals surface area (Å²) < 4.78 is 0. The molecule has 128 valence electrons. The lowest BCUT2D eigenvalue weighted by Gasteiger charge is -2.24. The molecule has 2 heterocycles. The highest BCUT2D eigenvalue weighted by Crippen LogP contribution is 2.19. The summed E-state index contributed by atoms with van der Waals surface area (Å²) in [5.74, 6) is 5.90. The van der Waals surface area contributed by atoms with Crippen molar-refractivity contribution in [2.75, 3.05) is 7.05 Å². The van der Waals surface area contributed by atoms with Crippen molar-refractivity contribution >= 4 is 11.3 Å². The Balaban J connectivity index is 1.95. The number of likely N-dealkylation sites (N-methyl/N-ethyl adjacent to an activating group) is 1. The molecule has 2 aromatic rings. The quantitative estimate of drug-likeness (QED) is 0.843. The van der Waals surface area contributed by atoms with Gasteiger partial charge in [0.05, 0.1) is 4.88 Å². The second-order valence-corrected chi connectivity index (χ2v) is 8.04. The minimum Gasteiger partial charge on any atom is -0.378 e. The lowest BCUT2D eigenvalue weighted by Crippen LogP contribution is -2.30. The van der Waals surface area contributed by atoms with Crippen LogP contribution in [-0.2, 0) is 13.0 Å². The zero-order valence-electron chi connectivity index (χ0n) is 15.1. The van der Waals surface area contributed by atoms with E-state index in [2.05, 4.69) is 54.8 Å². The van der Waals surface area contributed by atoms with Gasteiger partial charge in [0.2, 0.25) is 0 Å². The molecule has 1 unspecified atom stereocenters. The normalized spacial score (nSPS) is 12.8. The van der Waals surface area contributed by atoms with E-state index in [0.717, 1.165) is 23.5 Å². The van der Waals surface area contributed by atoms with E-state index in [9.17, 15) is 5.11 Å². The summed E-state index contributed by atoms with van der Waals surface area (Å²) in [5.41, 5.74) is 1.44. The highest BCUT2D eigenvalue weighted by atomic mass is 32.1. The van der Waals surface area contributed by atoms with E-state index in [1.54, 1.807) is 25.2 Å². The Labute approximate surface area is 149 Å². The number of hydrogen-bond donors (Lipinski definition) is 1. The van der Waals surface area contributed by atoms with E-state index < -0.39 is 5.60 Å². The average Bonchev–Trinajstić information content (AvgIpc) is 2.92. The van der Waals surface area contributed by atoms with Gasteiger partial charge in [0.25, 0.3) is 0 Å². The van der Waals surface area contributed by atoms with Gasteiger partial charge in [-0.1, -0.05) is 11.8 Å². The van der Waals surface area contributed by atoms with Crippen LogP contribution >= 0.6 is 11.3 Å². The summed E-state index contributed by atoms with van der Waals surface area (Å²) in [6, 6.07) is 8.74. The van der Waals surface area contributed by atoms with E-state index in [1.807, 2.05) is 18.3 Å². The van der Waals surface area contributed by atoms with Crippen LogP contribution in [0.25, 0.3) is 0 Å². The molecule has 1 atom stereocenters. The number of aliphatic hydroxyl groups is 1. The first-order valence-corrected chi connectivity index (χ1v) is 9.00. The van der Waals surface area contributed by atoms with E-state index in [4.69, 9.17) is 0 Å². The Hall–Kier alpha value is -1.67. The fourth-order valence-electron chi connectivity index (χ4n) is 2.32. The number of hydrogen-bond acceptors (Lipinski definition) is 4. The Morgan fingerprint density at radius 3 is 2.75 bits per heavy atom. The molecule has 3 nitrogen and oxygen atoms in total. The van der Waals surface area contributed by atoms with E-state index in [0.29, 0.717) is 6.04 Å². The SMILES string of the molecule is Cc1ccnc(CC(C)N(C)Cc2ccc(C#CC(C)(C)O)s2)c1. The maximum absolute atomic E-state index is 9.68. The first-order valence-electron chi connectivity index (χ1n) is 8.19. The molecule has 0 amide bonds. The number of pyridine rings is 1. The molecular formula is C20H26N2OS. The highest BCUT2D eigenvalue weighted by molar-refractivity contribution is 7.12. The van der Waals surface area contributed by atoms with Crippen molar-refractivity contribution in [3.05, 3.63) is 51.5 Å². The van der Waals surface area contributed by atoms with Crippen LogP contribution in [0.4, 0.5) is 0 Å².